The molecular weight excluding hydrogens is 316 g/mol. The van der Waals surface area contributed by atoms with Gasteiger partial charge in [-0.25, -0.2) is 0 Å². The van der Waals surface area contributed by atoms with Crippen LogP contribution in [0.3, 0.4) is 0 Å². The van der Waals surface area contributed by atoms with Crippen LogP contribution in [-0.4, -0.2) is 26.1 Å². The Morgan fingerprint density at radius 2 is 1.64 bits per heavy atom. The van der Waals surface area contributed by atoms with Gasteiger partial charge in [-0.1, -0.05) is 26.0 Å². The molecule has 4 heteroatoms. The lowest BCUT2D eigenvalue weighted by Gasteiger charge is -2.13. The smallest absolute Gasteiger partial charge is 0.161 e. The highest BCUT2D eigenvalue weighted by molar-refractivity contribution is 5.76. The molecule has 25 heavy (non-hydrogen) atoms. The number of carbonyl (C=O) groups excluding carboxylic acids is 1. The lowest BCUT2D eigenvalue weighted by atomic mass is 9.99. The van der Waals surface area contributed by atoms with E-state index in [0.717, 1.165) is 18.5 Å². The van der Waals surface area contributed by atoms with Crippen molar-refractivity contribution in [3.63, 3.8) is 0 Å². The minimum absolute atomic E-state index is 0.396. The van der Waals surface area contributed by atoms with Crippen LogP contribution in [0.5, 0.6) is 17.2 Å². The van der Waals surface area contributed by atoms with E-state index in [1.165, 1.54) is 5.56 Å². The third kappa shape index (κ3) is 5.52. The third-order valence-electron chi connectivity index (χ3n) is 4.07. The normalized spacial score (nSPS) is 11.6. The zero-order valence-corrected chi connectivity index (χ0v) is 15.2. The van der Waals surface area contributed by atoms with Crippen LogP contribution in [0.15, 0.2) is 42.5 Å². The predicted octanol–water partition coefficient (Wildman–Crippen LogP) is 4.87. The zero-order valence-electron chi connectivity index (χ0n) is 15.2. The first kappa shape index (κ1) is 18.8. The molecule has 0 aliphatic rings. The predicted molar refractivity (Wildman–Crippen MR) is 99.1 cm³/mol. The van der Waals surface area contributed by atoms with Crippen molar-refractivity contribution in [2.24, 2.45) is 0 Å². The van der Waals surface area contributed by atoms with Gasteiger partial charge in [0.1, 0.15) is 25.2 Å². The molecular formula is C21H26O4. The molecule has 2 rings (SSSR count). The van der Waals surface area contributed by atoms with Crippen molar-refractivity contribution < 1.29 is 19.0 Å². The second-order valence-electron chi connectivity index (χ2n) is 5.83. The maximum Gasteiger partial charge on any atom is 0.161 e. The molecule has 1 atom stereocenters. The molecule has 0 bridgehead atoms. The van der Waals surface area contributed by atoms with Crippen LogP contribution in [0.1, 0.15) is 49.0 Å². The summed E-state index contributed by atoms with van der Waals surface area (Å²) in [5.74, 6) is 2.58. The molecule has 0 spiro atoms. The van der Waals surface area contributed by atoms with Crippen LogP contribution < -0.4 is 14.2 Å². The van der Waals surface area contributed by atoms with E-state index in [1.54, 1.807) is 18.2 Å². The van der Waals surface area contributed by atoms with Gasteiger partial charge in [0, 0.05) is 5.56 Å². The summed E-state index contributed by atoms with van der Waals surface area (Å²) in [6.45, 7) is 7.64. The van der Waals surface area contributed by atoms with Gasteiger partial charge in [0.15, 0.2) is 11.5 Å². The number of benzene rings is 2. The monoisotopic (exact) mass is 342 g/mol. The van der Waals surface area contributed by atoms with Crippen LogP contribution in [0.25, 0.3) is 0 Å². The van der Waals surface area contributed by atoms with E-state index in [4.69, 9.17) is 14.2 Å². The fourth-order valence-electron chi connectivity index (χ4n) is 2.42. The molecule has 0 amide bonds. The van der Waals surface area contributed by atoms with Gasteiger partial charge < -0.3 is 14.2 Å². The van der Waals surface area contributed by atoms with Crippen LogP contribution in [0.2, 0.25) is 0 Å². The van der Waals surface area contributed by atoms with E-state index in [1.807, 2.05) is 19.1 Å². The highest BCUT2D eigenvalue weighted by Gasteiger charge is 2.07. The van der Waals surface area contributed by atoms with E-state index in [2.05, 4.69) is 26.0 Å². The summed E-state index contributed by atoms with van der Waals surface area (Å²) in [5, 5.41) is 0. The number of hydrogen-bond acceptors (Lipinski definition) is 4. The Balaban J connectivity index is 1.85. The van der Waals surface area contributed by atoms with Crippen molar-refractivity contribution >= 4 is 6.29 Å². The zero-order chi connectivity index (χ0) is 18.1. The minimum Gasteiger partial charge on any atom is -0.490 e. The van der Waals surface area contributed by atoms with Crippen molar-refractivity contribution in [1.29, 1.82) is 0 Å². The number of ether oxygens (including phenoxy) is 3. The van der Waals surface area contributed by atoms with Crippen LogP contribution in [0.4, 0.5) is 0 Å². The van der Waals surface area contributed by atoms with Gasteiger partial charge >= 0.3 is 0 Å². The van der Waals surface area contributed by atoms with E-state index >= 15 is 0 Å². The van der Waals surface area contributed by atoms with Crippen LogP contribution in [0, 0.1) is 0 Å². The standard InChI is InChI=1S/C21H26O4/c1-4-16(3)18-7-9-19(10-8-18)24-12-13-25-20-11-6-17(15-22)14-21(20)23-5-2/h6-11,14-16H,4-5,12-13H2,1-3H3/t16-/m1/s1. The molecule has 0 heterocycles. The number of hydrogen-bond donors (Lipinski definition) is 0. The molecule has 4 nitrogen and oxygen atoms in total. The fraction of sp³-hybridized carbons (Fsp3) is 0.381. The van der Waals surface area contributed by atoms with E-state index < -0.39 is 0 Å². The number of carbonyl (C=O) groups is 1. The molecule has 2 aromatic rings. The molecule has 0 saturated carbocycles. The molecule has 0 saturated heterocycles. The lowest BCUT2D eigenvalue weighted by molar-refractivity contribution is 0.112. The van der Waals surface area contributed by atoms with Gasteiger partial charge in [-0.3, -0.25) is 4.79 Å². The van der Waals surface area contributed by atoms with Gasteiger partial charge in [-0.2, -0.15) is 0 Å². The van der Waals surface area contributed by atoms with E-state index in [9.17, 15) is 4.79 Å². The molecule has 0 aromatic heterocycles. The lowest BCUT2D eigenvalue weighted by Crippen LogP contribution is -2.10. The SMILES string of the molecule is CCOc1cc(C=O)ccc1OCCOc1ccc([C@H](C)CC)cc1. The first-order valence-corrected chi connectivity index (χ1v) is 8.75. The number of aldehydes is 1. The van der Waals surface area contributed by atoms with Gasteiger partial charge in [-0.05, 0) is 55.2 Å². The molecule has 0 aliphatic carbocycles. The van der Waals surface area contributed by atoms with Crippen LogP contribution >= 0.6 is 0 Å². The molecule has 2 aromatic carbocycles. The Morgan fingerprint density at radius 1 is 0.920 bits per heavy atom. The first-order chi connectivity index (χ1) is 12.2. The van der Waals surface area contributed by atoms with Gasteiger partial charge in [0.25, 0.3) is 0 Å². The first-order valence-electron chi connectivity index (χ1n) is 8.75. The second kappa shape index (κ2) is 9.72. The maximum absolute atomic E-state index is 10.9. The van der Waals surface area contributed by atoms with Gasteiger partial charge in [0.05, 0.1) is 6.61 Å². The highest BCUT2D eigenvalue weighted by atomic mass is 16.5. The van der Waals surface area contributed by atoms with Crippen molar-refractivity contribution in [3.8, 4) is 17.2 Å². The second-order valence-corrected chi connectivity index (χ2v) is 5.83. The average molecular weight is 342 g/mol. The van der Waals surface area contributed by atoms with E-state index in [-0.39, 0.29) is 0 Å². The minimum atomic E-state index is 0.396. The Kier molecular flexibility index (Phi) is 7.33. The molecule has 0 fully saturated rings. The summed E-state index contributed by atoms with van der Waals surface area (Å²) in [6, 6.07) is 13.3. The Hall–Kier alpha value is -2.49. The molecule has 134 valence electrons. The Morgan fingerprint density at radius 3 is 2.28 bits per heavy atom. The Labute approximate surface area is 149 Å². The topological polar surface area (TPSA) is 44.8 Å². The van der Waals surface area contributed by atoms with E-state index in [0.29, 0.717) is 42.8 Å². The molecule has 0 unspecified atom stereocenters. The van der Waals surface area contributed by atoms with Crippen molar-refractivity contribution in [1.82, 2.24) is 0 Å². The van der Waals surface area contributed by atoms with Crippen LogP contribution in [-0.2, 0) is 0 Å². The quantitative estimate of drug-likeness (QED) is 0.456. The fourth-order valence-corrected chi connectivity index (χ4v) is 2.42. The summed E-state index contributed by atoms with van der Waals surface area (Å²) in [4.78, 5) is 10.9. The Bertz CT molecular complexity index is 664. The number of rotatable bonds is 10. The molecule has 0 radical (unpaired) electrons. The average Bonchev–Trinajstić information content (AvgIpc) is 2.66. The highest BCUT2D eigenvalue weighted by Crippen LogP contribution is 2.28. The van der Waals surface area contributed by atoms with Crippen molar-refractivity contribution in [2.45, 2.75) is 33.1 Å². The van der Waals surface area contributed by atoms with Gasteiger partial charge in [-0.15, -0.1) is 0 Å². The summed E-state index contributed by atoms with van der Waals surface area (Å²) in [5.41, 5.74) is 1.89. The molecule has 0 N–H and O–H groups in total. The summed E-state index contributed by atoms with van der Waals surface area (Å²) >= 11 is 0. The van der Waals surface area contributed by atoms with Gasteiger partial charge in [0.2, 0.25) is 0 Å². The summed E-state index contributed by atoms with van der Waals surface area (Å²) in [6.07, 6.45) is 1.91. The summed E-state index contributed by atoms with van der Waals surface area (Å²) < 4.78 is 17.0. The van der Waals surface area contributed by atoms with Crippen molar-refractivity contribution in [3.05, 3.63) is 53.6 Å². The largest absolute Gasteiger partial charge is 0.490 e. The molecule has 0 aliphatic heterocycles. The van der Waals surface area contributed by atoms with Crippen molar-refractivity contribution in [2.75, 3.05) is 19.8 Å². The maximum atomic E-state index is 10.9. The summed E-state index contributed by atoms with van der Waals surface area (Å²) in [7, 11) is 0. The third-order valence-corrected chi connectivity index (χ3v) is 4.07.